The van der Waals surface area contributed by atoms with E-state index in [9.17, 15) is 9.59 Å². The summed E-state index contributed by atoms with van der Waals surface area (Å²) >= 11 is 0. The van der Waals surface area contributed by atoms with Gasteiger partial charge < -0.3 is 19.9 Å². The molecule has 19 heavy (non-hydrogen) atoms. The molecule has 1 aromatic rings. The summed E-state index contributed by atoms with van der Waals surface area (Å²) in [5.74, 6) is -0.336. The maximum absolute atomic E-state index is 11.5. The molecule has 0 aromatic heterocycles. The zero-order chi connectivity index (χ0) is 14.3. The molecule has 6 nitrogen and oxygen atoms in total. The maximum atomic E-state index is 11.5. The Morgan fingerprint density at radius 2 is 1.84 bits per heavy atom. The van der Waals surface area contributed by atoms with Gasteiger partial charge in [-0.3, -0.25) is 9.59 Å². The molecule has 0 heterocycles. The molecule has 104 valence electrons. The first-order valence-corrected chi connectivity index (χ1v) is 5.92. The van der Waals surface area contributed by atoms with E-state index in [0.29, 0.717) is 12.4 Å². The Morgan fingerprint density at radius 3 is 2.37 bits per heavy atom. The smallest absolute Gasteiger partial charge is 0.322 e. The summed E-state index contributed by atoms with van der Waals surface area (Å²) < 4.78 is 10.7. The number of amides is 1. The number of hydrogen-bond donors (Lipinski definition) is 2. The quantitative estimate of drug-likeness (QED) is 0.771. The van der Waals surface area contributed by atoms with Gasteiger partial charge in [-0.15, -0.1) is 0 Å². The molecule has 0 bridgehead atoms. The van der Waals surface area contributed by atoms with Gasteiger partial charge in [0.25, 0.3) is 5.91 Å². The van der Waals surface area contributed by atoms with Crippen molar-refractivity contribution < 1.29 is 24.2 Å². The van der Waals surface area contributed by atoms with E-state index in [4.69, 9.17) is 14.6 Å². The largest absolute Gasteiger partial charge is 0.494 e. The predicted octanol–water partition coefficient (Wildman–Crippen LogP) is 1.05. The summed E-state index contributed by atoms with van der Waals surface area (Å²) in [4.78, 5) is 21.8. The number of carboxylic acids is 1. The van der Waals surface area contributed by atoms with Gasteiger partial charge in [-0.05, 0) is 38.1 Å². The van der Waals surface area contributed by atoms with Crippen LogP contribution in [0.5, 0.6) is 11.5 Å². The first-order valence-electron chi connectivity index (χ1n) is 5.92. The molecule has 0 spiro atoms. The lowest BCUT2D eigenvalue weighted by Gasteiger charge is -2.14. The second-order valence-electron chi connectivity index (χ2n) is 3.78. The fourth-order valence-electron chi connectivity index (χ4n) is 1.35. The van der Waals surface area contributed by atoms with E-state index in [1.165, 1.54) is 0 Å². The summed E-state index contributed by atoms with van der Waals surface area (Å²) in [6, 6.07) is 6.85. The SMILES string of the molecule is CCOc1ccc(OC(C)C(=O)NCC(=O)O)cc1. The summed E-state index contributed by atoms with van der Waals surface area (Å²) in [6.45, 7) is 3.59. The van der Waals surface area contributed by atoms with Crippen LogP contribution in [0.25, 0.3) is 0 Å². The van der Waals surface area contributed by atoms with Crippen molar-refractivity contribution >= 4 is 11.9 Å². The number of nitrogens with one attached hydrogen (secondary N) is 1. The molecule has 0 radical (unpaired) electrons. The van der Waals surface area contributed by atoms with Gasteiger partial charge in [0.1, 0.15) is 18.0 Å². The van der Waals surface area contributed by atoms with Crippen LogP contribution in [0, 0.1) is 0 Å². The van der Waals surface area contributed by atoms with E-state index in [0.717, 1.165) is 5.75 Å². The third-order valence-corrected chi connectivity index (χ3v) is 2.23. The second-order valence-corrected chi connectivity index (χ2v) is 3.78. The Balaban J connectivity index is 2.49. The summed E-state index contributed by atoms with van der Waals surface area (Å²) in [5.41, 5.74) is 0. The highest BCUT2D eigenvalue weighted by molar-refractivity contribution is 5.84. The van der Waals surface area contributed by atoms with Crippen LogP contribution in [0.15, 0.2) is 24.3 Å². The number of rotatable bonds is 7. The molecular formula is C13H17NO5. The minimum Gasteiger partial charge on any atom is -0.494 e. The van der Waals surface area contributed by atoms with Crippen molar-refractivity contribution in [1.29, 1.82) is 0 Å². The van der Waals surface area contributed by atoms with Gasteiger partial charge in [0.15, 0.2) is 6.10 Å². The highest BCUT2D eigenvalue weighted by atomic mass is 16.5. The molecule has 1 atom stereocenters. The highest BCUT2D eigenvalue weighted by Crippen LogP contribution is 2.18. The monoisotopic (exact) mass is 267 g/mol. The average Bonchev–Trinajstić information content (AvgIpc) is 2.38. The fraction of sp³-hybridized carbons (Fsp3) is 0.385. The van der Waals surface area contributed by atoms with E-state index in [-0.39, 0.29) is 0 Å². The van der Waals surface area contributed by atoms with E-state index < -0.39 is 24.5 Å². The summed E-state index contributed by atoms with van der Waals surface area (Å²) in [6.07, 6.45) is -0.766. The number of ether oxygens (including phenoxy) is 2. The summed E-state index contributed by atoms with van der Waals surface area (Å²) in [5, 5.41) is 10.7. The van der Waals surface area contributed by atoms with Crippen LogP contribution in [0.1, 0.15) is 13.8 Å². The molecule has 1 unspecified atom stereocenters. The maximum Gasteiger partial charge on any atom is 0.322 e. The van der Waals surface area contributed by atoms with Crippen molar-refractivity contribution in [2.24, 2.45) is 0 Å². The van der Waals surface area contributed by atoms with Crippen molar-refractivity contribution in [1.82, 2.24) is 5.32 Å². The van der Waals surface area contributed by atoms with Crippen LogP contribution in [0.3, 0.4) is 0 Å². The number of benzene rings is 1. The number of carbonyl (C=O) groups is 2. The van der Waals surface area contributed by atoms with Crippen molar-refractivity contribution in [3.8, 4) is 11.5 Å². The van der Waals surface area contributed by atoms with Crippen LogP contribution in [0.2, 0.25) is 0 Å². The molecular weight excluding hydrogens is 250 g/mol. The van der Waals surface area contributed by atoms with Crippen LogP contribution in [-0.4, -0.2) is 36.2 Å². The lowest BCUT2D eigenvalue weighted by atomic mass is 10.3. The molecule has 0 aliphatic heterocycles. The van der Waals surface area contributed by atoms with E-state index in [2.05, 4.69) is 5.32 Å². The zero-order valence-electron chi connectivity index (χ0n) is 10.9. The number of carbonyl (C=O) groups excluding carboxylic acids is 1. The van der Waals surface area contributed by atoms with Crippen LogP contribution < -0.4 is 14.8 Å². The Morgan fingerprint density at radius 1 is 1.26 bits per heavy atom. The summed E-state index contributed by atoms with van der Waals surface area (Å²) in [7, 11) is 0. The first-order chi connectivity index (χ1) is 9.02. The Labute approximate surface area is 111 Å². The molecule has 0 aliphatic rings. The molecule has 2 N–H and O–H groups in total. The Hall–Kier alpha value is -2.24. The fourth-order valence-corrected chi connectivity index (χ4v) is 1.35. The van der Waals surface area contributed by atoms with Gasteiger partial charge in [0.05, 0.1) is 6.61 Å². The topological polar surface area (TPSA) is 84.9 Å². The van der Waals surface area contributed by atoms with Gasteiger partial charge >= 0.3 is 5.97 Å². The van der Waals surface area contributed by atoms with Crippen LogP contribution in [0.4, 0.5) is 0 Å². The van der Waals surface area contributed by atoms with Crippen molar-refractivity contribution in [2.45, 2.75) is 20.0 Å². The lowest BCUT2D eigenvalue weighted by molar-refractivity contribution is -0.139. The third kappa shape index (κ3) is 5.29. The Bertz CT molecular complexity index is 429. The lowest BCUT2D eigenvalue weighted by Crippen LogP contribution is -2.39. The zero-order valence-corrected chi connectivity index (χ0v) is 10.9. The molecule has 1 aromatic carbocycles. The van der Waals surface area contributed by atoms with E-state index in [1.54, 1.807) is 31.2 Å². The molecule has 0 saturated heterocycles. The first kappa shape index (κ1) is 14.8. The van der Waals surface area contributed by atoms with Gasteiger partial charge in [0, 0.05) is 0 Å². The van der Waals surface area contributed by atoms with Crippen LogP contribution >= 0.6 is 0 Å². The van der Waals surface area contributed by atoms with Crippen molar-refractivity contribution in [3.05, 3.63) is 24.3 Å². The normalized spacial score (nSPS) is 11.5. The highest BCUT2D eigenvalue weighted by Gasteiger charge is 2.15. The molecule has 0 aliphatic carbocycles. The Kier molecular flexibility index (Phi) is 5.66. The van der Waals surface area contributed by atoms with Crippen LogP contribution in [-0.2, 0) is 9.59 Å². The minimum atomic E-state index is -1.10. The molecule has 6 heteroatoms. The van der Waals surface area contributed by atoms with Gasteiger partial charge in [-0.25, -0.2) is 0 Å². The number of aliphatic carboxylic acids is 1. The molecule has 1 amide bonds. The molecule has 0 saturated carbocycles. The van der Waals surface area contributed by atoms with Gasteiger partial charge in [-0.2, -0.15) is 0 Å². The van der Waals surface area contributed by atoms with Gasteiger partial charge in [-0.1, -0.05) is 0 Å². The van der Waals surface area contributed by atoms with E-state index in [1.807, 2.05) is 6.92 Å². The number of carboxylic acid groups (broad SMARTS) is 1. The third-order valence-electron chi connectivity index (χ3n) is 2.23. The number of hydrogen-bond acceptors (Lipinski definition) is 4. The van der Waals surface area contributed by atoms with Crippen molar-refractivity contribution in [2.75, 3.05) is 13.2 Å². The average molecular weight is 267 g/mol. The van der Waals surface area contributed by atoms with Crippen molar-refractivity contribution in [3.63, 3.8) is 0 Å². The molecule has 1 rings (SSSR count). The second kappa shape index (κ2) is 7.25. The predicted molar refractivity (Wildman–Crippen MR) is 68.3 cm³/mol. The minimum absolute atomic E-state index is 0.421. The van der Waals surface area contributed by atoms with Gasteiger partial charge in [0.2, 0.25) is 0 Å². The molecule has 0 fully saturated rings. The standard InChI is InChI=1S/C13H17NO5/c1-3-18-10-4-6-11(7-5-10)19-9(2)13(17)14-8-12(15)16/h4-7,9H,3,8H2,1-2H3,(H,14,17)(H,15,16). The van der Waals surface area contributed by atoms with E-state index >= 15 is 0 Å².